The topological polar surface area (TPSA) is 38.9 Å². The quantitative estimate of drug-likeness (QED) is 0.698. The minimum Gasteiger partial charge on any atom is -0.356 e. The predicted octanol–water partition coefficient (Wildman–Crippen LogP) is 2.38. The van der Waals surface area contributed by atoms with Gasteiger partial charge in [0.2, 0.25) is 0 Å². The first-order valence-electron chi connectivity index (χ1n) is 3.91. The lowest BCUT2D eigenvalue weighted by Crippen LogP contribution is -1.79. The summed E-state index contributed by atoms with van der Waals surface area (Å²) in [6.07, 6.45) is 3.33. The molecule has 3 nitrogen and oxygen atoms in total. The molecule has 64 valence electrons. The number of nitrogens with zero attached hydrogens (tertiary/aromatic N) is 2. The molecule has 0 saturated heterocycles. The first-order chi connectivity index (χ1) is 6.40. The van der Waals surface area contributed by atoms with Crippen molar-refractivity contribution in [1.82, 2.24) is 10.1 Å². The largest absolute Gasteiger partial charge is 0.356 e. The third-order valence-corrected chi connectivity index (χ3v) is 1.66. The van der Waals surface area contributed by atoms with Gasteiger partial charge in [0.15, 0.2) is 5.76 Å². The highest BCUT2D eigenvalue weighted by molar-refractivity contribution is 5.56. The zero-order valence-corrected chi connectivity index (χ0v) is 6.97. The highest BCUT2D eigenvalue weighted by Crippen LogP contribution is 2.16. The van der Waals surface area contributed by atoms with E-state index in [4.69, 9.17) is 4.52 Å². The second kappa shape index (κ2) is 3.23. The van der Waals surface area contributed by atoms with E-state index in [1.807, 2.05) is 18.2 Å². The summed E-state index contributed by atoms with van der Waals surface area (Å²) in [5, 5.41) is 3.85. The van der Waals surface area contributed by atoms with E-state index in [0.717, 1.165) is 11.4 Å². The summed E-state index contributed by atoms with van der Waals surface area (Å²) in [6, 6.07) is 7.45. The van der Waals surface area contributed by atoms with E-state index >= 15 is 0 Å². The molecule has 0 aliphatic rings. The van der Waals surface area contributed by atoms with Crippen molar-refractivity contribution in [3.05, 3.63) is 42.8 Å². The Morgan fingerprint density at radius 2 is 2.23 bits per heavy atom. The molecule has 3 heteroatoms. The van der Waals surface area contributed by atoms with Crippen molar-refractivity contribution in [2.75, 3.05) is 0 Å². The van der Waals surface area contributed by atoms with Gasteiger partial charge in [0.25, 0.3) is 0 Å². The monoisotopic (exact) mass is 172 g/mol. The Hall–Kier alpha value is -1.90. The summed E-state index contributed by atoms with van der Waals surface area (Å²) >= 11 is 0. The smallest absolute Gasteiger partial charge is 0.159 e. The fourth-order valence-electron chi connectivity index (χ4n) is 1.02. The van der Waals surface area contributed by atoms with Crippen LogP contribution in [0.3, 0.4) is 0 Å². The maximum Gasteiger partial charge on any atom is 0.159 e. The Labute approximate surface area is 75.7 Å². The van der Waals surface area contributed by atoms with Crippen molar-refractivity contribution in [2.24, 2.45) is 0 Å². The molecular weight excluding hydrogens is 164 g/mol. The van der Waals surface area contributed by atoms with Crippen LogP contribution in [0.4, 0.5) is 0 Å². The number of aromatic nitrogens is 2. The van der Waals surface area contributed by atoms with Crippen LogP contribution in [0.5, 0.6) is 0 Å². The number of pyridine rings is 1. The molecule has 0 aliphatic carbocycles. The number of hydrogen-bond acceptors (Lipinski definition) is 3. The molecule has 0 bridgehead atoms. The Morgan fingerprint density at radius 3 is 2.85 bits per heavy atom. The first-order valence-corrected chi connectivity index (χ1v) is 3.91. The highest BCUT2D eigenvalue weighted by Gasteiger charge is 2.03. The van der Waals surface area contributed by atoms with E-state index in [1.165, 1.54) is 0 Å². The Kier molecular flexibility index (Phi) is 1.92. The summed E-state index contributed by atoms with van der Waals surface area (Å²) in [5.41, 5.74) is 1.54. The van der Waals surface area contributed by atoms with E-state index in [0.29, 0.717) is 5.76 Å². The van der Waals surface area contributed by atoms with Gasteiger partial charge in [0.1, 0.15) is 5.69 Å². The number of hydrogen-bond donors (Lipinski definition) is 0. The third-order valence-electron chi connectivity index (χ3n) is 1.66. The van der Waals surface area contributed by atoms with Crippen LogP contribution < -0.4 is 0 Å². The Balaban J connectivity index is 2.41. The van der Waals surface area contributed by atoms with Gasteiger partial charge in [-0.15, -0.1) is 0 Å². The molecule has 13 heavy (non-hydrogen) atoms. The number of rotatable bonds is 2. The van der Waals surface area contributed by atoms with Crippen LogP contribution in [0.1, 0.15) is 5.76 Å². The summed E-state index contributed by atoms with van der Waals surface area (Å²) in [4.78, 5) is 4.14. The molecular formula is C10H8N2O. The second-order valence-corrected chi connectivity index (χ2v) is 2.53. The molecule has 2 heterocycles. The molecule has 2 aromatic rings. The Bertz CT molecular complexity index is 406. The summed E-state index contributed by atoms with van der Waals surface area (Å²) in [7, 11) is 0. The molecule has 0 fully saturated rings. The summed E-state index contributed by atoms with van der Waals surface area (Å²) < 4.78 is 4.96. The van der Waals surface area contributed by atoms with Gasteiger partial charge in [0.05, 0.1) is 5.69 Å². The minimum absolute atomic E-state index is 0.653. The highest BCUT2D eigenvalue weighted by atomic mass is 16.5. The van der Waals surface area contributed by atoms with Crippen molar-refractivity contribution in [3.63, 3.8) is 0 Å². The third kappa shape index (κ3) is 1.49. The van der Waals surface area contributed by atoms with Crippen LogP contribution in [0.2, 0.25) is 0 Å². The van der Waals surface area contributed by atoms with Crippen LogP contribution in [-0.2, 0) is 0 Å². The standard InChI is InChI=1S/C10H8N2O/c1-2-8-7-10(12-13-8)9-5-3-4-6-11-9/h2-7H,1H2. The van der Waals surface area contributed by atoms with Crippen molar-refractivity contribution in [3.8, 4) is 11.4 Å². The molecule has 0 amide bonds. The lowest BCUT2D eigenvalue weighted by atomic mass is 10.2. The lowest BCUT2D eigenvalue weighted by molar-refractivity contribution is 0.415. The lowest BCUT2D eigenvalue weighted by Gasteiger charge is -1.89. The maximum atomic E-state index is 4.96. The second-order valence-electron chi connectivity index (χ2n) is 2.53. The molecule has 0 N–H and O–H groups in total. The van der Waals surface area contributed by atoms with Gasteiger partial charge < -0.3 is 4.52 Å². The predicted molar refractivity (Wildman–Crippen MR) is 49.8 cm³/mol. The first kappa shape index (κ1) is 7.73. The fraction of sp³-hybridized carbons (Fsp3) is 0. The average molecular weight is 172 g/mol. The molecule has 2 rings (SSSR count). The van der Waals surface area contributed by atoms with Crippen LogP contribution in [0, 0.1) is 0 Å². The van der Waals surface area contributed by atoms with E-state index < -0.39 is 0 Å². The fourth-order valence-corrected chi connectivity index (χ4v) is 1.02. The maximum absolute atomic E-state index is 4.96. The van der Waals surface area contributed by atoms with Gasteiger partial charge in [-0.3, -0.25) is 4.98 Å². The van der Waals surface area contributed by atoms with Crippen LogP contribution in [0.25, 0.3) is 17.5 Å². The Morgan fingerprint density at radius 1 is 1.31 bits per heavy atom. The molecule has 0 aromatic carbocycles. The molecule has 0 saturated carbocycles. The van der Waals surface area contributed by atoms with Crippen LogP contribution in [0.15, 0.2) is 41.6 Å². The van der Waals surface area contributed by atoms with Gasteiger partial charge in [-0.1, -0.05) is 17.8 Å². The summed E-state index contributed by atoms with van der Waals surface area (Å²) in [5.74, 6) is 0.653. The van der Waals surface area contributed by atoms with Crippen molar-refractivity contribution < 1.29 is 4.52 Å². The average Bonchev–Trinajstić information content (AvgIpc) is 2.67. The van der Waals surface area contributed by atoms with E-state index in [1.54, 1.807) is 18.3 Å². The van der Waals surface area contributed by atoms with Crippen LogP contribution >= 0.6 is 0 Å². The van der Waals surface area contributed by atoms with Crippen molar-refractivity contribution >= 4 is 6.08 Å². The molecule has 0 spiro atoms. The molecule has 0 unspecified atom stereocenters. The van der Waals surface area contributed by atoms with Gasteiger partial charge >= 0.3 is 0 Å². The molecule has 0 atom stereocenters. The molecule has 0 radical (unpaired) electrons. The molecule has 0 aliphatic heterocycles. The van der Waals surface area contributed by atoms with Gasteiger partial charge in [-0.05, 0) is 18.2 Å². The van der Waals surface area contributed by atoms with Gasteiger partial charge in [0, 0.05) is 12.3 Å². The van der Waals surface area contributed by atoms with Crippen molar-refractivity contribution in [1.29, 1.82) is 0 Å². The zero-order valence-electron chi connectivity index (χ0n) is 6.97. The normalized spacial score (nSPS) is 9.85. The summed E-state index contributed by atoms with van der Waals surface area (Å²) in [6.45, 7) is 3.58. The minimum atomic E-state index is 0.653. The van der Waals surface area contributed by atoms with Gasteiger partial charge in [-0.25, -0.2) is 0 Å². The van der Waals surface area contributed by atoms with E-state index in [9.17, 15) is 0 Å². The van der Waals surface area contributed by atoms with Crippen molar-refractivity contribution in [2.45, 2.75) is 0 Å². The van der Waals surface area contributed by atoms with Gasteiger partial charge in [-0.2, -0.15) is 0 Å². The van der Waals surface area contributed by atoms with E-state index in [-0.39, 0.29) is 0 Å². The van der Waals surface area contributed by atoms with Crippen LogP contribution in [-0.4, -0.2) is 10.1 Å². The van der Waals surface area contributed by atoms with E-state index in [2.05, 4.69) is 16.7 Å². The molecule has 2 aromatic heterocycles. The zero-order chi connectivity index (χ0) is 9.10. The SMILES string of the molecule is C=Cc1cc(-c2ccccn2)no1.